The van der Waals surface area contributed by atoms with Gasteiger partial charge in [0.2, 0.25) is 5.91 Å². The minimum Gasteiger partial charge on any atom is -0.348 e. The molecule has 4 heteroatoms. The van der Waals surface area contributed by atoms with Crippen LogP contribution in [0.25, 0.3) is 6.08 Å². The topological polar surface area (TPSA) is 37.3 Å². The number of carbonyl (C=O) groups excluding carboxylic acids is 1. The summed E-state index contributed by atoms with van der Waals surface area (Å²) in [5.41, 5.74) is 6.18. The van der Waals surface area contributed by atoms with Gasteiger partial charge in [0.05, 0.1) is 0 Å². The maximum atomic E-state index is 12.2. The van der Waals surface area contributed by atoms with Gasteiger partial charge in [0, 0.05) is 36.6 Å². The van der Waals surface area contributed by atoms with E-state index in [-0.39, 0.29) is 5.91 Å². The van der Waals surface area contributed by atoms with Crippen molar-refractivity contribution in [2.45, 2.75) is 58.7 Å². The fourth-order valence-corrected chi connectivity index (χ4v) is 4.24. The van der Waals surface area contributed by atoms with E-state index in [1.54, 1.807) is 6.08 Å². The van der Waals surface area contributed by atoms with Crippen molar-refractivity contribution in [3.8, 4) is 0 Å². The minimum absolute atomic E-state index is 0.0441. The Morgan fingerprint density at radius 3 is 2.46 bits per heavy atom. The summed E-state index contributed by atoms with van der Waals surface area (Å²) in [5.74, 6) is -0.0441. The number of rotatable bonds is 7. The summed E-state index contributed by atoms with van der Waals surface area (Å²) in [6, 6.07) is 11.5. The molecule has 1 aliphatic heterocycles. The number of benzene rings is 1. The SMILES string of the molecule is Cc1cc(/C=C/C(=O)NCc2ccc(CN3CCCC3)cc2)c(C)n1C1CC1. The Kier molecular flexibility index (Phi) is 5.67. The number of amides is 1. The van der Waals surface area contributed by atoms with Crippen LogP contribution in [0.4, 0.5) is 0 Å². The molecule has 2 aromatic rings. The minimum atomic E-state index is -0.0441. The molecule has 1 aromatic heterocycles. The summed E-state index contributed by atoms with van der Waals surface area (Å²) < 4.78 is 2.40. The molecule has 0 atom stereocenters. The Balaban J connectivity index is 1.28. The van der Waals surface area contributed by atoms with Crippen molar-refractivity contribution >= 4 is 12.0 Å². The highest BCUT2D eigenvalue weighted by Gasteiger charge is 2.26. The molecule has 1 saturated carbocycles. The van der Waals surface area contributed by atoms with E-state index in [9.17, 15) is 4.79 Å². The molecule has 4 nitrogen and oxygen atoms in total. The Labute approximate surface area is 168 Å². The van der Waals surface area contributed by atoms with Gasteiger partial charge in [0.1, 0.15) is 0 Å². The van der Waals surface area contributed by atoms with E-state index >= 15 is 0 Å². The number of aromatic nitrogens is 1. The summed E-state index contributed by atoms with van der Waals surface area (Å²) in [5, 5.41) is 2.99. The lowest BCUT2D eigenvalue weighted by molar-refractivity contribution is -0.116. The van der Waals surface area contributed by atoms with Crippen molar-refractivity contribution < 1.29 is 4.79 Å². The van der Waals surface area contributed by atoms with Gasteiger partial charge in [-0.25, -0.2) is 0 Å². The summed E-state index contributed by atoms with van der Waals surface area (Å²) in [7, 11) is 0. The molecule has 0 radical (unpaired) electrons. The molecular weight excluding hydrogens is 346 g/mol. The van der Waals surface area contributed by atoms with E-state index in [2.05, 4.69) is 59.0 Å². The monoisotopic (exact) mass is 377 g/mol. The van der Waals surface area contributed by atoms with Gasteiger partial charge < -0.3 is 9.88 Å². The predicted molar refractivity (Wildman–Crippen MR) is 114 cm³/mol. The third-order valence-electron chi connectivity index (χ3n) is 5.94. The Hall–Kier alpha value is -2.33. The van der Waals surface area contributed by atoms with Crippen LogP contribution < -0.4 is 5.32 Å². The molecule has 2 aliphatic rings. The average molecular weight is 378 g/mol. The number of hydrogen-bond donors (Lipinski definition) is 1. The van der Waals surface area contributed by atoms with Gasteiger partial charge in [-0.3, -0.25) is 9.69 Å². The van der Waals surface area contributed by atoms with Crippen LogP contribution in [-0.4, -0.2) is 28.5 Å². The quantitative estimate of drug-likeness (QED) is 0.728. The second-order valence-electron chi connectivity index (χ2n) is 8.28. The fraction of sp³-hybridized carbons (Fsp3) is 0.458. The van der Waals surface area contributed by atoms with Crippen LogP contribution in [0.3, 0.4) is 0 Å². The largest absolute Gasteiger partial charge is 0.348 e. The first kappa shape index (κ1) is 19.0. The molecule has 4 rings (SSSR count). The van der Waals surface area contributed by atoms with E-state index in [0.717, 1.165) is 17.7 Å². The Bertz CT molecular complexity index is 853. The summed E-state index contributed by atoms with van der Waals surface area (Å²) in [4.78, 5) is 14.7. The highest BCUT2D eigenvalue weighted by molar-refractivity contribution is 5.91. The molecule has 2 heterocycles. The van der Waals surface area contributed by atoms with Crippen LogP contribution in [0, 0.1) is 13.8 Å². The molecular formula is C24H31N3O. The van der Waals surface area contributed by atoms with Crippen LogP contribution in [0.15, 0.2) is 36.4 Å². The van der Waals surface area contributed by atoms with E-state index in [0.29, 0.717) is 12.6 Å². The second kappa shape index (κ2) is 8.36. The Morgan fingerprint density at radius 2 is 1.79 bits per heavy atom. The van der Waals surface area contributed by atoms with Crippen molar-refractivity contribution in [1.29, 1.82) is 0 Å². The maximum Gasteiger partial charge on any atom is 0.244 e. The maximum absolute atomic E-state index is 12.2. The van der Waals surface area contributed by atoms with E-state index in [1.165, 1.54) is 55.7 Å². The van der Waals surface area contributed by atoms with Gasteiger partial charge in [-0.15, -0.1) is 0 Å². The van der Waals surface area contributed by atoms with Gasteiger partial charge in [0.15, 0.2) is 0 Å². The third kappa shape index (κ3) is 4.56. The van der Waals surface area contributed by atoms with Gasteiger partial charge in [-0.2, -0.15) is 0 Å². The number of carbonyl (C=O) groups is 1. The van der Waals surface area contributed by atoms with Gasteiger partial charge in [0.25, 0.3) is 0 Å². The van der Waals surface area contributed by atoms with E-state index in [1.807, 2.05) is 6.08 Å². The summed E-state index contributed by atoms with van der Waals surface area (Å²) >= 11 is 0. The highest BCUT2D eigenvalue weighted by atomic mass is 16.1. The van der Waals surface area contributed by atoms with Crippen LogP contribution in [0.2, 0.25) is 0 Å². The third-order valence-corrected chi connectivity index (χ3v) is 5.94. The normalized spacial score (nSPS) is 17.5. The highest BCUT2D eigenvalue weighted by Crippen LogP contribution is 2.38. The smallest absolute Gasteiger partial charge is 0.244 e. The van der Waals surface area contributed by atoms with Crippen molar-refractivity contribution in [1.82, 2.24) is 14.8 Å². The molecule has 28 heavy (non-hydrogen) atoms. The van der Waals surface area contributed by atoms with Crippen molar-refractivity contribution in [3.05, 3.63) is 64.5 Å². The number of hydrogen-bond acceptors (Lipinski definition) is 2. The predicted octanol–water partition coefficient (Wildman–Crippen LogP) is 4.37. The van der Waals surface area contributed by atoms with Crippen molar-refractivity contribution in [2.24, 2.45) is 0 Å². The van der Waals surface area contributed by atoms with Crippen LogP contribution in [-0.2, 0) is 17.9 Å². The molecule has 0 spiro atoms. The Morgan fingerprint density at radius 1 is 1.11 bits per heavy atom. The summed E-state index contributed by atoms with van der Waals surface area (Å²) in [6.07, 6.45) is 8.79. The number of aryl methyl sites for hydroxylation is 1. The zero-order valence-corrected chi connectivity index (χ0v) is 17.1. The molecule has 0 unspecified atom stereocenters. The fourth-order valence-electron chi connectivity index (χ4n) is 4.24. The molecule has 148 valence electrons. The van der Waals surface area contributed by atoms with Crippen LogP contribution in [0.5, 0.6) is 0 Å². The molecule has 1 aromatic carbocycles. The first-order valence-corrected chi connectivity index (χ1v) is 10.5. The van der Waals surface area contributed by atoms with Crippen LogP contribution >= 0.6 is 0 Å². The molecule has 1 aliphatic carbocycles. The first-order valence-electron chi connectivity index (χ1n) is 10.5. The zero-order valence-electron chi connectivity index (χ0n) is 17.1. The second-order valence-corrected chi connectivity index (χ2v) is 8.28. The number of nitrogens with one attached hydrogen (secondary N) is 1. The lowest BCUT2D eigenvalue weighted by Crippen LogP contribution is -2.20. The standard InChI is InChI=1S/C24H31N3O/c1-18-15-22(19(2)27(18)23-10-11-23)9-12-24(28)25-16-20-5-7-21(8-6-20)17-26-13-3-4-14-26/h5-9,12,15,23H,3-4,10-11,13-14,16-17H2,1-2H3,(H,25,28)/b12-9+. The summed E-state index contributed by atoms with van der Waals surface area (Å²) in [6.45, 7) is 8.33. The molecule has 1 N–H and O–H groups in total. The van der Waals surface area contributed by atoms with Gasteiger partial charge in [-0.1, -0.05) is 24.3 Å². The van der Waals surface area contributed by atoms with Crippen molar-refractivity contribution in [3.63, 3.8) is 0 Å². The van der Waals surface area contributed by atoms with Gasteiger partial charge >= 0.3 is 0 Å². The molecule has 1 amide bonds. The van der Waals surface area contributed by atoms with E-state index < -0.39 is 0 Å². The molecule has 1 saturated heterocycles. The lowest BCUT2D eigenvalue weighted by atomic mass is 10.1. The van der Waals surface area contributed by atoms with E-state index in [4.69, 9.17) is 0 Å². The van der Waals surface area contributed by atoms with Crippen LogP contribution in [0.1, 0.15) is 59.8 Å². The number of nitrogens with zero attached hydrogens (tertiary/aromatic N) is 2. The zero-order chi connectivity index (χ0) is 19.5. The van der Waals surface area contributed by atoms with Crippen molar-refractivity contribution in [2.75, 3.05) is 13.1 Å². The average Bonchev–Trinajstić information content (AvgIpc) is 3.30. The lowest BCUT2D eigenvalue weighted by Gasteiger charge is -2.14. The molecule has 0 bridgehead atoms. The molecule has 2 fully saturated rings. The van der Waals surface area contributed by atoms with Gasteiger partial charge in [-0.05, 0) is 81.5 Å². The number of likely N-dealkylation sites (tertiary alicyclic amines) is 1. The first-order chi connectivity index (χ1) is 13.6.